The molecule has 0 saturated heterocycles. The SMILES string of the molecule is N#Cc1ccc(F)cc1COc1ccc(CCN)nc1. The largest absolute Gasteiger partial charge is 0.487 e. The molecule has 0 bridgehead atoms. The smallest absolute Gasteiger partial charge is 0.138 e. The Bertz CT molecular complexity index is 620. The van der Waals surface area contributed by atoms with Gasteiger partial charge in [-0.2, -0.15) is 5.26 Å². The van der Waals surface area contributed by atoms with Crippen LogP contribution in [-0.2, 0) is 13.0 Å². The van der Waals surface area contributed by atoms with Crippen molar-refractivity contribution in [3.8, 4) is 11.8 Å². The fourth-order valence-electron chi connectivity index (χ4n) is 1.74. The monoisotopic (exact) mass is 271 g/mol. The van der Waals surface area contributed by atoms with Crippen molar-refractivity contribution in [2.24, 2.45) is 5.73 Å². The van der Waals surface area contributed by atoms with E-state index >= 15 is 0 Å². The van der Waals surface area contributed by atoms with E-state index in [1.165, 1.54) is 18.2 Å². The standard InChI is InChI=1S/C15H14FN3O/c16-13-2-1-11(8-18)12(7-13)10-20-15-4-3-14(5-6-17)19-9-15/h1-4,7,9H,5-6,10,17H2. The van der Waals surface area contributed by atoms with Crippen LogP contribution in [0.2, 0.25) is 0 Å². The van der Waals surface area contributed by atoms with Crippen LogP contribution in [0.3, 0.4) is 0 Å². The highest BCUT2D eigenvalue weighted by Crippen LogP contribution is 2.15. The van der Waals surface area contributed by atoms with Gasteiger partial charge in [-0.25, -0.2) is 4.39 Å². The highest BCUT2D eigenvalue weighted by atomic mass is 19.1. The number of benzene rings is 1. The van der Waals surface area contributed by atoms with Gasteiger partial charge in [-0.05, 0) is 36.9 Å². The van der Waals surface area contributed by atoms with E-state index in [1.54, 1.807) is 12.3 Å². The van der Waals surface area contributed by atoms with E-state index in [0.29, 0.717) is 29.8 Å². The molecule has 1 aromatic heterocycles. The molecule has 1 heterocycles. The van der Waals surface area contributed by atoms with Gasteiger partial charge in [0.05, 0.1) is 17.8 Å². The summed E-state index contributed by atoms with van der Waals surface area (Å²) < 4.78 is 18.7. The molecule has 1 aromatic carbocycles. The molecule has 0 amide bonds. The average Bonchev–Trinajstić information content (AvgIpc) is 2.47. The first-order valence-corrected chi connectivity index (χ1v) is 6.19. The molecule has 0 spiro atoms. The third kappa shape index (κ3) is 3.53. The van der Waals surface area contributed by atoms with Crippen molar-refractivity contribution in [1.29, 1.82) is 5.26 Å². The quantitative estimate of drug-likeness (QED) is 0.904. The van der Waals surface area contributed by atoms with Gasteiger partial charge in [0.2, 0.25) is 0 Å². The summed E-state index contributed by atoms with van der Waals surface area (Å²) in [7, 11) is 0. The van der Waals surface area contributed by atoms with Gasteiger partial charge in [-0.1, -0.05) is 0 Å². The third-order valence-corrected chi connectivity index (χ3v) is 2.78. The molecule has 0 unspecified atom stereocenters. The zero-order valence-corrected chi connectivity index (χ0v) is 10.8. The number of hydrogen-bond acceptors (Lipinski definition) is 4. The van der Waals surface area contributed by atoms with Crippen LogP contribution in [0.4, 0.5) is 4.39 Å². The lowest BCUT2D eigenvalue weighted by Gasteiger charge is -2.08. The fourth-order valence-corrected chi connectivity index (χ4v) is 1.74. The van der Waals surface area contributed by atoms with E-state index in [-0.39, 0.29) is 12.4 Å². The topological polar surface area (TPSA) is 71.9 Å². The van der Waals surface area contributed by atoms with Crippen molar-refractivity contribution in [2.75, 3.05) is 6.54 Å². The van der Waals surface area contributed by atoms with Crippen LogP contribution in [0.5, 0.6) is 5.75 Å². The molecule has 2 rings (SSSR count). The average molecular weight is 271 g/mol. The van der Waals surface area contributed by atoms with Gasteiger partial charge in [0, 0.05) is 17.7 Å². The molecule has 0 fully saturated rings. The second kappa shape index (κ2) is 6.64. The molecule has 0 radical (unpaired) electrons. The third-order valence-electron chi connectivity index (χ3n) is 2.78. The number of rotatable bonds is 5. The summed E-state index contributed by atoms with van der Waals surface area (Å²) >= 11 is 0. The van der Waals surface area contributed by atoms with Gasteiger partial charge in [0.15, 0.2) is 0 Å². The lowest BCUT2D eigenvalue weighted by atomic mass is 10.1. The molecule has 20 heavy (non-hydrogen) atoms. The van der Waals surface area contributed by atoms with Crippen LogP contribution in [0.15, 0.2) is 36.5 Å². The van der Waals surface area contributed by atoms with Gasteiger partial charge in [0.1, 0.15) is 18.2 Å². The number of aromatic nitrogens is 1. The molecular weight excluding hydrogens is 257 g/mol. The number of nitrogens with two attached hydrogens (primary N) is 1. The van der Waals surface area contributed by atoms with E-state index in [2.05, 4.69) is 4.98 Å². The van der Waals surface area contributed by atoms with Gasteiger partial charge >= 0.3 is 0 Å². The van der Waals surface area contributed by atoms with E-state index in [9.17, 15) is 4.39 Å². The second-order valence-corrected chi connectivity index (χ2v) is 4.23. The zero-order valence-electron chi connectivity index (χ0n) is 10.8. The zero-order chi connectivity index (χ0) is 14.4. The van der Waals surface area contributed by atoms with Crippen LogP contribution < -0.4 is 10.5 Å². The van der Waals surface area contributed by atoms with E-state index in [1.807, 2.05) is 12.1 Å². The minimum absolute atomic E-state index is 0.124. The molecule has 4 nitrogen and oxygen atoms in total. The van der Waals surface area contributed by atoms with Crippen molar-refractivity contribution in [3.63, 3.8) is 0 Å². The maximum Gasteiger partial charge on any atom is 0.138 e. The predicted molar refractivity (Wildman–Crippen MR) is 72.4 cm³/mol. The molecule has 102 valence electrons. The maximum atomic E-state index is 13.2. The van der Waals surface area contributed by atoms with Crippen LogP contribution in [0, 0.1) is 17.1 Å². The highest BCUT2D eigenvalue weighted by molar-refractivity contribution is 5.37. The number of pyridine rings is 1. The number of nitrogens with zero attached hydrogens (tertiary/aromatic N) is 2. The molecule has 0 saturated carbocycles. The Morgan fingerprint density at radius 1 is 1.30 bits per heavy atom. The van der Waals surface area contributed by atoms with Crippen LogP contribution >= 0.6 is 0 Å². The second-order valence-electron chi connectivity index (χ2n) is 4.23. The van der Waals surface area contributed by atoms with Crippen molar-refractivity contribution in [2.45, 2.75) is 13.0 Å². The van der Waals surface area contributed by atoms with Crippen LogP contribution in [0.1, 0.15) is 16.8 Å². The van der Waals surface area contributed by atoms with Gasteiger partial charge in [-0.3, -0.25) is 4.98 Å². The lowest BCUT2D eigenvalue weighted by molar-refractivity contribution is 0.304. The predicted octanol–water partition coefficient (Wildman–Crippen LogP) is 2.17. The summed E-state index contributed by atoms with van der Waals surface area (Å²) in [4.78, 5) is 4.20. The van der Waals surface area contributed by atoms with Crippen molar-refractivity contribution in [3.05, 3.63) is 59.2 Å². The van der Waals surface area contributed by atoms with Gasteiger partial charge in [0.25, 0.3) is 0 Å². The minimum Gasteiger partial charge on any atom is -0.487 e. The molecule has 2 aromatic rings. The minimum atomic E-state index is -0.390. The normalized spacial score (nSPS) is 10.1. The van der Waals surface area contributed by atoms with E-state index in [0.717, 1.165) is 5.69 Å². The summed E-state index contributed by atoms with van der Waals surface area (Å²) in [6.07, 6.45) is 2.30. The maximum absolute atomic E-state index is 13.2. The van der Waals surface area contributed by atoms with Crippen molar-refractivity contribution >= 4 is 0 Å². The first kappa shape index (κ1) is 14.0. The Kier molecular flexibility index (Phi) is 4.64. The van der Waals surface area contributed by atoms with E-state index < -0.39 is 0 Å². The Labute approximate surface area is 116 Å². The summed E-state index contributed by atoms with van der Waals surface area (Å²) in [6.45, 7) is 0.667. The molecule has 5 heteroatoms. The molecule has 0 aliphatic heterocycles. The fraction of sp³-hybridized carbons (Fsp3) is 0.200. The summed E-state index contributed by atoms with van der Waals surface area (Å²) in [5, 5.41) is 8.95. The molecule has 2 N–H and O–H groups in total. The van der Waals surface area contributed by atoms with Crippen LogP contribution in [0.25, 0.3) is 0 Å². The number of nitriles is 1. The summed E-state index contributed by atoms with van der Waals surface area (Å²) in [5.41, 5.74) is 7.25. The summed E-state index contributed by atoms with van der Waals surface area (Å²) in [5.74, 6) is 0.179. The Balaban J connectivity index is 2.05. The molecule has 0 atom stereocenters. The highest BCUT2D eigenvalue weighted by Gasteiger charge is 2.05. The first-order chi connectivity index (χ1) is 9.72. The van der Waals surface area contributed by atoms with E-state index in [4.69, 9.17) is 15.7 Å². The van der Waals surface area contributed by atoms with Crippen LogP contribution in [-0.4, -0.2) is 11.5 Å². The molecular formula is C15H14FN3O. The number of ether oxygens (including phenoxy) is 1. The first-order valence-electron chi connectivity index (χ1n) is 6.19. The Morgan fingerprint density at radius 3 is 2.80 bits per heavy atom. The molecule has 0 aliphatic rings. The Morgan fingerprint density at radius 2 is 2.15 bits per heavy atom. The molecule has 0 aliphatic carbocycles. The van der Waals surface area contributed by atoms with Gasteiger partial charge < -0.3 is 10.5 Å². The number of hydrogen-bond donors (Lipinski definition) is 1. The van der Waals surface area contributed by atoms with Crippen molar-refractivity contribution in [1.82, 2.24) is 4.98 Å². The van der Waals surface area contributed by atoms with Crippen molar-refractivity contribution < 1.29 is 9.13 Å². The van der Waals surface area contributed by atoms with Gasteiger partial charge in [-0.15, -0.1) is 0 Å². The summed E-state index contributed by atoms with van der Waals surface area (Å²) in [6, 6.07) is 9.62. The Hall–Kier alpha value is -2.45. The number of halogens is 1. The lowest BCUT2D eigenvalue weighted by Crippen LogP contribution is -2.04.